The highest BCUT2D eigenvalue weighted by Gasteiger charge is 2.13. The molecule has 0 aliphatic heterocycles. The zero-order valence-electron chi connectivity index (χ0n) is 11.8. The first kappa shape index (κ1) is 14.5. The van der Waals surface area contributed by atoms with E-state index in [-0.39, 0.29) is 22.1 Å². The smallest absolute Gasteiger partial charge is 0.162 e. The van der Waals surface area contributed by atoms with E-state index in [9.17, 15) is 9.18 Å². The maximum atomic E-state index is 13.9. The summed E-state index contributed by atoms with van der Waals surface area (Å²) in [7, 11) is 0. The molecule has 0 atom stereocenters. The third kappa shape index (κ3) is 2.81. The second kappa shape index (κ2) is 5.78. The predicted octanol–water partition coefficient (Wildman–Crippen LogP) is 5.63. The van der Waals surface area contributed by atoms with Crippen molar-refractivity contribution < 1.29 is 13.9 Å². The number of hydrogen-bond donors (Lipinski definition) is 0. The van der Waals surface area contributed by atoms with Crippen LogP contribution >= 0.6 is 11.6 Å². The van der Waals surface area contributed by atoms with Crippen LogP contribution in [0.25, 0.3) is 10.8 Å². The first-order valence-electron chi connectivity index (χ1n) is 6.71. The van der Waals surface area contributed by atoms with E-state index in [4.69, 9.17) is 16.3 Å². The molecule has 22 heavy (non-hydrogen) atoms. The van der Waals surface area contributed by atoms with Crippen molar-refractivity contribution in [2.24, 2.45) is 0 Å². The lowest BCUT2D eigenvalue weighted by Gasteiger charge is -2.10. The molecule has 0 bridgehead atoms. The molecule has 2 nitrogen and oxygen atoms in total. The molecule has 0 spiro atoms. The number of Topliss-reactive ketones (excluding diaryl/α,β-unsaturated/α-hetero) is 1. The van der Waals surface area contributed by atoms with Gasteiger partial charge in [-0.2, -0.15) is 0 Å². The monoisotopic (exact) mass is 314 g/mol. The summed E-state index contributed by atoms with van der Waals surface area (Å²) >= 11 is 6.07. The fourth-order valence-electron chi connectivity index (χ4n) is 2.23. The number of benzene rings is 3. The van der Waals surface area contributed by atoms with Crippen LogP contribution in [-0.4, -0.2) is 5.78 Å². The Hall–Kier alpha value is -2.39. The molecule has 0 aliphatic carbocycles. The molecular weight excluding hydrogens is 303 g/mol. The number of carbonyl (C=O) groups is 1. The predicted molar refractivity (Wildman–Crippen MR) is 85.4 cm³/mol. The molecule has 0 unspecified atom stereocenters. The summed E-state index contributed by atoms with van der Waals surface area (Å²) in [6.07, 6.45) is 0. The Bertz CT molecular complexity index is 874. The van der Waals surface area contributed by atoms with E-state index in [2.05, 4.69) is 0 Å². The molecule has 0 heterocycles. The molecule has 3 aromatic rings. The van der Waals surface area contributed by atoms with Crippen LogP contribution < -0.4 is 4.74 Å². The number of ether oxygens (including phenoxy) is 1. The zero-order chi connectivity index (χ0) is 15.7. The van der Waals surface area contributed by atoms with Crippen LogP contribution in [-0.2, 0) is 0 Å². The van der Waals surface area contributed by atoms with Gasteiger partial charge in [-0.3, -0.25) is 4.79 Å². The summed E-state index contributed by atoms with van der Waals surface area (Å²) in [5, 5.41) is 2.29. The lowest BCUT2D eigenvalue weighted by molar-refractivity contribution is 0.101. The summed E-state index contributed by atoms with van der Waals surface area (Å²) in [5.74, 6) is -0.292. The van der Waals surface area contributed by atoms with E-state index in [0.29, 0.717) is 5.75 Å². The largest absolute Gasteiger partial charge is 0.456 e. The van der Waals surface area contributed by atoms with Crippen molar-refractivity contribution in [2.75, 3.05) is 0 Å². The van der Waals surface area contributed by atoms with Gasteiger partial charge in [-0.25, -0.2) is 4.39 Å². The van der Waals surface area contributed by atoms with E-state index in [1.54, 1.807) is 6.07 Å². The SMILES string of the molecule is CC(=O)c1cc(Cl)c(Oc2ccc3ccccc3c2)cc1F. The molecule has 3 aromatic carbocycles. The number of hydrogen-bond acceptors (Lipinski definition) is 2. The normalized spacial score (nSPS) is 10.7. The Balaban J connectivity index is 1.97. The summed E-state index contributed by atoms with van der Waals surface area (Å²) in [5.41, 5.74) is -0.0455. The molecule has 4 heteroatoms. The quantitative estimate of drug-likeness (QED) is 0.586. The molecule has 0 radical (unpaired) electrons. The molecule has 110 valence electrons. The summed E-state index contributed by atoms with van der Waals surface area (Å²) in [6, 6.07) is 15.8. The lowest BCUT2D eigenvalue weighted by Crippen LogP contribution is -1.98. The van der Waals surface area contributed by atoms with E-state index in [0.717, 1.165) is 16.8 Å². The number of rotatable bonds is 3. The van der Waals surface area contributed by atoms with Crippen molar-refractivity contribution in [3.05, 3.63) is 71.0 Å². The van der Waals surface area contributed by atoms with Crippen molar-refractivity contribution in [2.45, 2.75) is 6.92 Å². The standard InChI is InChI=1S/C18H12ClFO2/c1-11(21)15-9-16(19)18(10-17(15)20)22-14-7-6-12-4-2-3-5-13(12)8-14/h2-10H,1H3. The van der Waals surface area contributed by atoms with Crippen molar-refractivity contribution in [1.82, 2.24) is 0 Å². The number of ketones is 1. The van der Waals surface area contributed by atoms with Gasteiger partial charge >= 0.3 is 0 Å². The average Bonchev–Trinajstić information content (AvgIpc) is 2.50. The summed E-state index contributed by atoms with van der Waals surface area (Å²) in [4.78, 5) is 11.3. The van der Waals surface area contributed by atoms with Gasteiger partial charge in [-0.15, -0.1) is 0 Å². The van der Waals surface area contributed by atoms with Crippen LogP contribution in [0, 0.1) is 5.82 Å². The highest BCUT2D eigenvalue weighted by molar-refractivity contribution is 6.32. The summed E-state index contributed by atoms with van der Waals surface area (Å²) in [6.45, 7) is 1.29. The molecule has 0 saturated heterocycles. The highest BCUT2D eigenvalue weighted by atomic mass is 35.5. The van der Waals surface area contributed by atoms with Crippen LogP contribution in [0.2, 0.25) is 5.02 Å². The summed E-state index contributed by atoms with van der Waals surface area (Å²) < 4.78 is 19.5. The van der Waals surface area contributed by atoms with E-state index in [1.165, 1.54) is 13.0 Å². The van der Waals surface area contributed by atoms with Gasteiger partial charge in [0.1, 0.15) is 17.3 Å². The Labute approximate surface area is 132 Å². The third-order valence-corrected chi connectivity index (χ3v) is 3.64. The fraction of sp³-hybridized carbons (Fsp3) is 0.0556. The van der Waals surface area contributed by atoms with Gasteiger partial charge in [0.25, 0.3) is 0 Å². The molecule has 0 fully saturated rings. The van der Waals surface area contributed by atoms with Gasteiger partial charge in [-0.05, 0) is 35.9 Å². The Morgan fingerprint density at radius 3 is 2.50 bits per heavy atom. The van der Waals surface area contributed by atoms with Gasteiger partial charge in [0.15, 0.2) is 5.78 Å². The minimum absolute atomic E-state index is 0.0455. The van der Waals surface area contributed by atoms with Crippen molar-refractivity contribution >= 4 is 28.2 Å². The van der Waals surface area contributed by atoms with Crippen molar-refractivity contribution in [1.29, 1.82) is 0 Å². The molecule has 0 amide bonds. The van der Waals surface area contributed by atoms with Gasteiger partial charge in [-0.1, -0.05) is 41.9 Å². The van der Waals surface area contributed by atoms with Crippen molar-refractivity contribution in [3.63, 3.8) is 0 Å². The maximum Gasteiger partial charge on any atom is 0.162 e. The van der Waals surface area contributed by atoms with Gasteiger partial charge < -0.3 is 4.74 Å². The molecule has 3 rings (SSSR count). The van der Waals surface area contributed by atoms with Gasteiger partial charge in [0.05, 0.1) is 10.6 Å². The molecule has 0 N–H and O–H groups in total. The minimum Gasteiger partial charge on any atom is -0.456 e. The van der Waals surface area contributed by atoms with E-state index < -0.39 is 5.82 Å². The first-order valence-corrected chi connectivity index (χ1v) is 7.09. The first-order chi connectivity index (χ1) is 10.5. The van der Waals surface area contributed by atoms with Crippen LogP contribution in [0.3, 0.4) is 0 Å². The van der Waals surface area contributed by atoms with Crippen LogP contribution in [0.4, 0.5) is 4.39 Å². The van der Waals surface area contributed by atoms with Gasteiger partial charge in [0, 0.05) is 6.07 Å². The van der Waals surface area contributed by atoms with Crippen LogP contribution in [0.5, 0.6) is 11.5 Å². The average molecular weight is 315 g/mol. The second-order valence-electron chi connectivity index (χ2n) is 4.93. The van der Waals surface area contributed by atoms with E-state index >= 15 is 0 Å². The van der Waals surface area contributed by atoms with Crippen LogP contribution in [0.1, 0.15) is 17.3 Å². The number of fused-ring (bicyclic) bond motifs is 1. The number of carbonyl (C=O) groups excluding carboxylic acids is 1. The minimum atomic E-state index is -0.646. The molecule has 0 saturated carbocycles. The Morgan fingerprint density at radius 2 is 1.77 bits per heavy atom. The Morgan fingerprint density at radius 1 is 1.05 bits per heavy atom. The van der Waals surface area contributed by atoms with E-state index in [1.807, 2.05) is 36.4 Å². The Kier molecular flexibility index (Phi) is 3.82. The third-order valence-electron chi connectivity index (χ3n) is 3.35. The fourth-order valence-corrected chi connectivity index (χ4v) is 2.44. The topological polar surface area (TPSA) is 26.3 Å². The number of halogens is 2. The zero-order valence-corrected chi connectivity index (χ0v) is 12.5. The highest BCUT2D eigenvalue weighted by Crippen LogP contribution is 2.33. The lowest BCUT2D eigenvalue weighted by atomic mass is 10.1. The maximum absolute atomic E-state index is 13.9. The second-order valence-corrected chi connectivity index (χ2v) is 5.34. The molecular formula is C18H12ClFO2. The van der Waals surface area contributed by atoms with Crippen molar-refractivity contribution in [3.8, 4) is 11.5 Å². The molecule has 0 aromatic heterocycles. The molecule has 0 aliphatic rings. The van der Waals surface area contributed by atoms with Gasteiger partial charge in [0.2, 0.25) is 0 Å². The van der Waals surface area contributed by atoms with Crippen LogP contribution in [0.15, 0.2) is 54.6 Å².